The average molecular weight is 426 g/mol. The minimum absolute atomic E-state index is 0.306. The molecule has 0 fully saturated rings. The summed E-state index contributed by atoms with van der Waals surface area (Å²) in [6.45, 7) is -0.694. The fourth-order valence-electron chi connectivity index (χ4n) is 2.44. The van der Waals surface area contributed by atoms with Gasteiger partial charge in [0, 0.05) is 17.1 Å². The van der Waals surface area contributed by atoms with Gasteiger partial charge >= 0.3 is 11.8 Å². The van der Waals surface area contributed by atoms with Crippen LogP contribution in [0.5, 0.6) is 0 Å². The molecule has 2 N–H and O–H groups in total. The van der Waals surface area contributed by atoms with Crippen molar-refractivity contribution in [2.75, 3.05) is 11.9 Å². The molecule has 0 aliphatic heterocycles. The molecule has 2 aromatic carbocycles. The Morgan fingerprint density at radius 1 is 1.03 bits per heavy atom. The number of anilines is 1. The number of carbonyl (C=O) groups excluding carboxylic acids is 1. The maximum Gasteiger partial charge on any atom is 0.416 e. The van der Waals surface area contributed by atoms with Crippen LogP contribution in [0.3, 0.4) is 0 Å². The zero-order chi connectivity index (χ0) is 21.2. The minimum Gasteiger partial charge on any atom is -0.423 e. The molecule has 0 saturated carbocycles. The third kappa shape index (κ3) is 5.00. The van der Waals surface area contributed by atoms with Crippen LogP contribution < -0.4 is 15.7 Å². The molecular weight excluding hydrogens is 413 g/mol. The van der Waals surface area contributed by atoms with Gasteiger partial charge in [0.25, 0.3) is 0 Å². The van der Waals surface area contributed by atoms with E-state index in [0.717, 1.165) is 18.2 Å². The van der Waals surface area contributed by atoms with Gasteiger partial charge in [-0.1, -0.05) is 6.07 Å². The van der Waals surface area contributed by atoms with Gasteiger partial charge < -0.3 is 9.73 Å². The smallest absolute Gasteiger partial charge is 0.416 e. The zero-order valence-electron chi connectivity index (χ0n) is 14.5. The number of amides is 1. The molecule has 0 aliphatic carbocycles. The molecule has 152 valence electrons. The van der Waals surface area contributed by atoms with Crippen molar-refractivity contribution in [3.8, 4) is 0 Å². The number of alkyl halides is 3. The van der Waals surface area contributed by atoms with Crippen molar-refractivity contribution >= 4 is 32.6 Å². The van der Waals surface area contributed by atoms with Crippen molar-refractivity contribution in [2.45, 2.75) is 11.1 Å². The number of benzene rings is 2. The Hall–Kier alpha value is -3.18. The van der Waals surface area contributed by atoms with E-state index in [9.17, 15) is 31.2 Å². The molecule has 3 aromatic rings. The lowest BCUT2D eigenvalue weighted by atomic mass is 10.2. The molecule has 0 radical (unpaired) electrons. The standard InChI is InChI=1S/C18H13F3N2O5S/c19-18(20,21)12-2-1-3-14(9-12)29(26,27)22-10-16(24)23-13-5-6-15-11(8-13)4-7-17(25)28-15/h1-9,22H,10H2,(H,23,24). The summed E-state index contributed by atoms with van der Waals surface area (Å²) in [4.78, 5) is 22.6. The van der Waals surface area contributed by atoms with Crippen LogP contribution in [0.1, 0.15) is 5.56 Å². The Labute approximate surface area is 162 Å². The van der Waals surface area contributed by atoms with E-state index >= 15 is 0 Å². The van der Waals surface area contributed by atoms with Gasteiger partial charge in [-0.15, -0.1) is 0 Å². The molecule has 0 saturated heterocycles. The van der Waals surface area contributed by atoms with E-state index in [2.05, 4.69) is 5.32 Å². The van der Waals surface area contributed by atoms with Gasteiger partial charge in [-0.25, -0.2) is 17.9 Å². The highest BCUT2D eigenvalue weighted by Crippen LogP contribution is 2.30. The molecule has 1 aromatic heterocycles. The summed E-state index contributed by atoms with van der Waals surface area (Å²) in [5.41, 5.74) is -1.03. The van der Waals surface area contributed by atoms with Gasteiger partial charge in [-0.2, -0.15) is 13.2 Å². The van der Waals surface area contributed by atoms with Crippen molar-refractivity contribution in [2.24, 2.45) is 0 Å². The maximum atomic E-state index is 12.7. The summed E-state index contributed by atoms with van der Waals surface area (Å²) in [6.07, 6.45) is -4.70. The first-order valence-corrected chi connectivity index (χ1v) is 9.54. The van der Waals surface area contributed by atoms with Gasteiger partial charge in [-0.3, -0.25) is 4.79 Å². The first kappa shape index (κ1) is 20.6. The highest BCUT2D eigenvalue weighted by atomic mass is 32.2. The molecule has 1 heterocycles. The number of sulfonamides is 1. The van der Waals surface area contributed by atoms with E-state index in [1.807, 2.05) is 4.72 Å². The molecule has 0 aliphatic rings. The topological polar surface area (TPSA) is 105 Å². The Morgan fingerprint density at radius 3 is 2.52 bits per heavy atom. The van der Waals surface area contributed by atoms with Crippen LogP contribution in [0.4, 0.5) is 18.9 Å². The second kappa shape index (κ2) is 7.68. The summed E-state index contributed by atoms with van der Waals surface area (Å²) < 4.78 is 69.5. The monoisotopic (exact) mass is 426 g/mol. The van der Waals surface area contributed by atoms with Crippen molar-refractivity contribution in [1.29, 1.82) is 0 Å². The van der Waals surface area contributed by atoms with Crippen molar-refractivity contribution < 1.29 is 30.8 Å². The van der Waals surface area contributed by atoms with Crippen molar-refractivity contribution in [3.05, 3.63) is 70.6 Å². The molecule has 0 spiro atoms. The van der Waals surface area contributed by atoms with Gasteiger partial charge in [0.1, 0.15) is 5.58 Å². The summed E-state index contributed by atoms with van der Waals surface area (Å²) in [7, 11) is -4.33. The van der Waals surface area contributed by atoms with E-state index in [-0.39, 0.29) is 0 Å². The molecule has 0 bridgehead atoms. The highest BCUT2D eigenvalue weighted by Gasteiger charge is 2.31. The van der Waals surface area contributed by atoms with Crippen molar-refractivity contribution in [1.82, 2.24) is 4.72 Å². The number of rotatable bonds is 5. The molecule has 7 nitrogen and oxygen atoms in total. The summed E-state index contributed by atoms with van der Waals surface area (Å²) in [6, 6.07) is 10.3. The number of hydrogen-bond donors (Lipinski definition) is 2. The van der Waals surface area contributed by atoms with Crippen LogP contribution in [0.2, 0.25) is 0 Å². The predicted octanol–water partition coefficient (Wildman–Crippen LogP) is 2.73. The molecular formula is C18H13F3N2O5S. The minimum atomic E-state index is -4.70. The van der Waals surface area contributed by atoms with Gasteiger partial charge in [0.05, 0.1) is 17.0 Å². The van der Waals surface area contributed by atoms with E-state index in [4.69, 9.17) is 4.42 Å². The van der Waals surface area contributed by atoms with Gasteiger partial charge in [-0.05, 0) is 42.5 Å². The molecule has 11 heteroatoms. The van der Waals surface area contributed by atoms with Crippen LogP contribution in [-0.2, 0) is 21.0 Å². The summed E-state index contributed by atoms with van der Waals surface area (Å²) in [5.74, 6) is -0.739. The zero-order valence-corrected chi connectivity index (χ0v) is 15.3. The van der Waals surface area contributed by atoms with Crippen LogP contribution in [0.25, 0.3) is 11.0 Å². The summed E-state index contributed by atoms with van der Waals surface area (Å²) >= 11 is 0. The first-order valence-electron chi connectivity index (χ1n) is 8.05. The fourth-order valence-corrected chi connectivity index (χ4v) is 3.47. The van der Waals surface area contributed by atoms with Gasteiger partial charge in [0.15, 0.2) is 0 Å². The lowest BCUT2D eigenvalue weighted by Crippen LogP contribution is -2.33. The molecule has 0 atom stereocenters. The Morgan fingerprint density at radius 2 is 1.79 bits per heavy atom. The van der Waals surface area contributed by atoms with Crippen LogP contribution >= 0.6 is 0 Å². The van der Waals surface area contributed by atoms with Gasteiger partial charge in [0.2, 0.25) is 15.9 Å². The van der Waals surface area contributed by atoms with E-state index in [0.29, 0.717) is 22.7 Å². The number of hydrogen-bond acceptors (Lipinski definition) is 5. The lowest BCUT2D eigenvalue weighted by molar-refractivity contribution is -0.137. The van der Waals surface area contributed by atoms with Crippen LogP contribution in [-0.4, -0.2) is 20.9 Å². The maximum absolute atomic E-state index is 12.7. The lowest BCUT2D eigenvalue weighted by Gasteiger charge is -2.11. The third-order valence-corrected chi connectivity index (χ3v) is 5.20. The number of halogens is 3. The van der Waals surface area contributed by atoms with Crippen LogP contribution in [0, 0.1) is 0 Å². The molecule has 29 heavy (non-hydrogen) atoms. The Balaban J connectivity index is 1.68. The second-order valence-electron chi connectivity index (χ2n) is 5.91. The second-order valence-corrected chi connectivity index (χ2v) is 7.67. The third-order valence-electron chi connectivity index (χ3n) is 3.80. The van der Waals surface area contributed by atoms with E-state index in [1.165, 1.54) is 30.3 Å². The number of fused-ring (bicyclic) bond motifs is 1. The fraction of sp³-hybridized carbons (Fsp3) is 0.111. The average Bonchev–Trinajstić information content (AvgIpc) is 2.66. The molecule has 0 unspecified atom stereocenters. The summed E-state index contributed by atoms with van der Waals surface area (Å²) in [5, 5.41) is 2.98. The first-order chi connectivity index (χ1) is 13.5. The Bertz CT molecular complexity index is 1240. The highest BCUT2D eigenvalue weighted by molar-refractivity contribution is 7.89. The van der Waals surface area contributed by atoms with E-state index in [1.54, 1.807) is 0 Å². The molecule has 1 amide bonds. The normalized spacial score (nSPS) is 12.1. The Kier molecular flexibility index (Phi) is 5.44. The SMILES string of the molecule is O=C(CNS(=O)(=O)c1cccc(C(F)(F)F)c1)Nc1ccc2oc(=O)ccc2c1. The predicted molar refractivity (Wildman–Crippen MR) is 97.7 cm³/mol. The number of nitrogens with one attached hydrogen (secondary N) is 2. The quantitative estimate of drug-likeness (QED) is 0.611. The van der Waals surface area contributed by atoms with Crippen molar-refractivity contribution in [3.63, 3.8) is 0 Å². The molecule has 3 rings (SSSR count). The number of carbonyl (C=O) groups is 1. The van der Waals surface area contributed by atoms with Crippen LogP contribution in [0.15, 0.2) is 68.7 Å². The van der Waals surface area contributed by atoms with E-state index < -0.39 is 44.7 Å². The largest absolute Gasteiger partial charge is 0.423 e.